The molecule has 1 rings (SSSR count). The summed E-state index contributed by atoms with van der Waals surface area (Å²) in [6, 6.07) is 6.37. The van der Waals surface area contributed by atoms with Crippen molar-refractivity contribution in [1.29, 1.82) is 0 Å². The molecule has 0 spiro atoms. The van der Waals surface area contributed by atoms with Crippen LogP contribution in [0.1, 0.15) is 0 Å². The van der Waals surface area contributed by atoms with Crippen LogP contribution in [-0.2, 0) is 9.84 Å². The first-order valence-corrected chi connectivity index (χ1v) is 5.46. The van der Waals surface area contributed by atoms with Crippen molar-refractivity contribution in [2.24, 2.45) is 5.73 Å². The number of nitrogens with two attached hydrogens (primary N) is 1. The van der Waals surface area contributed by atoms with Crippen LogP contribution in [-0.4, -0.2) is 8.42 Å². The Hall–Kier alpha value is -0.390. The van der Waals surface area contributed by atoms with Crippen molar-refractivity contribution in [3.8, 4) is 0 Å². The molecule has 0 unspecified atom stereocenters. The molecule has 0 fully saturated rings. The van der Waals surface area contributed by atoms with Gasteiger partial charge < -0.3 is 5.73 Å². The summed E-state index contributed by atoms with van der Waals surface area (Å²) in [7, 11) is -3.40. The highest BCUT2D eigenvalue weighted by Crippen LogP contribution is 2.17. The van der Waals surface area contributed by atoms with Crippen molar-refractivity contribution in [3.63, 3.8) is 0 Å². The molecule has 0 aliphatic heterocycles. The summed E-state index contributed by atoms with van der Waals surface area (Å²) < 4.78 is 23.0. The van der Waals surface area contributed by atoms with E-state index in [0.29, 0.717) is 10.3 Å². The highest BCUT2D eigenvalue weighted by molar-refractivity contribution is 9.10. The predicted octanol–water partition coefficient (Wildman–Crippen LogP) is 1.30. The molecule has 0 aromatic heterocycles. The van der Waals surface area contributed by atoms with E-state index < -0.39 is 9.84 Å². The second-order valence-corrected chi connectivity index (χ2v) is 4.89. The van der Waals surface area contributed by atoms with Crippen molar-refractivity contribution in [2.75, 3.05) is 0 Å². The molecule has 0 saturated carbocycles. The summed E-state index contributed by atoms with van der Waals surface area (Å²) in [4.78, 5) is 0.194. The van der Waals surface area contributed by atoms with Crippen LogP contribution in [0.2, 0.25) is 0 Å². The molecule has 5 heteroatoms. The summed E-state index contributed by atoms with van der Waals surface area (Å²) in [6.07, 6.45) is 0. The molecule has 0 aliphatic rings. The van der Waals surface area contributed by atoms with Crippen molar-refractivity contribution in [1.82, 2.24) is 0 Å². The molecule has 65 valence electrons. The van der Waals surface area contributed by atoms with E-state index in [9.17, 15) is 8.42 Å². The topological polar surface area (TPSA) is 60.2 Å². The third-order valence-corrected chi connectivity index (χ3v) is 3.07. The number of benzene rings is 1. The maximum absolute atomic E-state index is 11.2. The number of halogens is 1. The van der Waals surface area contributed by atoms with Crippen molar-refractivity contribution < 1.29 is 8.42 Å². The fourth-order valence-corrected chi connectivity index (χ4v) is 1.99. The number of sulfone groups is 1. The highest BCUT2D eigenvalue weighted by atomic mass is 79.9. The maximum Gasteiger partial charge on any atom is 0.196 e. The van der Waals surface area contributed by atoms with E-state index in [1.165, 1.54) is 12.1 Å². The molecule has 0 atom stereocenters. The first-order chi connectivity index (χ1) is 5.56. The van der Waals surface area contributed by atoms with Gasteiger partial charge in [0.15, 0.2) is 9.84 Å². The molecular formula is C7H7BrNO2S. The Morgan fingerprint density at radius 1 is 1.42 bits per heavy atom. The molecule has 2 N–H and O–H groups in total. The standard InChI is InChI=1S/C7H7BrNO2S/c8-6-2-1-3-7(4-6)12(10,11)5-9/h1-5H,9H2. The van der Waals surface area contributed by atoms with Crippen molar-refractivity contribution in [2.45, 2.75) is 4.90 Å². The van der Waals surface area contributed by atoms with Crippen LogP contribution in [0, 0.1) is 5.88 Å². The van der Waals surface area contributed by atoms with E-state index in [1.807, 2.05) is 0 Å². The average Bonchev–Trinajstić information content (AvgIpc) is 2.05. The van der Waals surface area contributed by atoms with Crippen LogP contribution in [0.3, 0.4) is 0 Å². The minimum Gasteiger partial charge on any atom is -0.313 e. The maximum atomic E-state index is 11.2. The predicted molar refractivity (Wildman–Crippen MR) is 49.8 cm³/mol. The molecule has 0 amide bonds. The molecule has 0 saturated heterocycles. The van der Waals surface area contributed by atoms with Crippen LogP contribution in [0.15, 0.2) is 33.6 Å². The van der Waals surface area contributed by atoms with Gasteiger partial charge >= 0.3 is 0 Å². The SMILES string of the molecule is N[CH]S(=O)(=O)c1cccc(Br)c1. The smallest absolute Gasteiger partial charge is 0.196 e. The average molecular weight is 249 g/mol. The molecule has 1 aromatic carbocycles. The molecule has 1 aromatic rings. The monoisotopic (exact) mass is 248 g/mol. The zero-order valence-electron chi connectivity index (χ0n) is 6.07. The fourth-order valence-electron chi connectivity index (χ4n) is 0.723. The Labute approximate surface area is 79.6 Å². The summed E-state index contributed by atoms with van der Waals surface area (Å²) >= 11 is 3.16. The van der Waals surface area contributed by atoms with E-state index in [1.54, 1.807) is 12.1 Å². The molecular weight excluding hydrogens is 242 g/mol. The molecule has 0 bridgehead atoms. The van der Waals surface area contributed by atoms with Gasteiger partial charge in [-0.3, -0.25) is 0 Å². The molecule has 0 aliphatic carbocycles. The van der Waals surface area contributed by atoms with Gasteiger partial charge in [-0.25, -0.2) is 8.42 Å². The third-order valence-electron chi connectivity index (χ3n) is 1.30. The summed E-state index contributed by atoms with van der Waals surface area (Å²) in [5.74, 6) is 0.689. The van der Waals surface area contributed by atoms with Gasteiger partial charge in [0.1, 0.15) is 5.88 Å². The molecule has 3 nitrogen and oxygen atoms in total. The van der Waals surface area contributed by atoms with Crippen molar-refractivity contribution in [3.05, 3.63) is 34.6 Å². The van der Waals surface area contributed by atoms with Gasteiger partial charge in [0.2, 0.25) is 0 Å². The Balaban J connectivity index is 3.21. The minimum atomic E-state index is -3.40. The second-order valence-electron chi connectivity index (χ2n) is 2.14. The Bertz CT molecular complexity index is 375. The fraction of sp³-hybridized carbons (Fsp3) is 0. The van der Waals surface area contributed by atoms with Crippen LogP contribution < -0.4 is 5.73 Å². The van der Waals surface area contributed by atoms with Gasteiger partial charge in [-0.05, 0) is 18.2 Å². The van der Waals surface area contributed by atoms with E-state index in [4.69, 9.17) is 5.73 Å². The Kier molecular flexibility index (Phi) is 2.87. The Morgan fingerprint density at radius 2 is 2.08 bits per heavy atom. The van der Waals surface area contributed by atoms with Gasteiger partial charge in [-0.2, -0.15) is 0 Å². The van der Waals surface area contributed by atoms with Gasteiger partial charge in [0.05, 0.1) is 4.90 Å². The van der Waals surface area contributed by atoms with E-state index >= 15 is 0 Å². The van der Waals surface area contributed by atoms with Gasteiger partial charge in [0, 0.05) is 4.47 Å². The third kappa shape index (κ3) is 2.06. The lowest BCUT2D eigenvalue weighted by molar-refractivity contribution is 0.601. The number of hydrogen-bond acceptors (Lipinski definition) is 3. The largest absolute Gasteiger partial charge is 0.313 e. The lowest BCUT2D eigenvalue weighted by Crippen LogP contribution is -2.07. The first kappa shape index (κ1) is 9.70. The van der Waals surface area contributed by atoms with E-state index in [-0.39, 0.29) is 4.90 Å². The van der Waals surface area contributed by atoms with Gasteiger partial charge in [0.25, 0.3) is 0 Å². The van der Waals surface area contributed by atoms with Crippen molar-refractivity contribution >= 4 is 25.8 Å². The highest BCUT2D eigenvalue weighted by Gasteiger charge is 2.11. The summed E-state index contributed by atoms with van der Waals surface area (Å²) in [5, 5.41) is 0. The number of rotatable bonds is 2. The lowest BCUT2D eigenvalue weighted by atomic mass is 10.4. The van der Waals surface area contributed by atoms with Gasteiger partial charge in [-0.15, -0.1) is 0 Å². The van der Waals surface area contributed by atoms with Gasteiger partial charge in [-0.1, -0.05) is 22.0 Å². The second kappa shape index (κ2) is 3.55. The first-order valence-electron chi connectivity index (χ1n) is 3.12. The zero-order chi connectivity index (χ0) is 9.19. The molecule has 12 heavy (non-hydrogen) atoms. The quantitative estimate of drug-likeness (QED) is 0.859. The van der Waals surface area contributed by atoms with E-state index in [0.717, 1.165) is 0 Å². The van der Waals surface area contributed by atoms with Crippen LogP contribution in [0.5, 0.6) is 0 Å². The summed E-state index contributed by atoms with van der Waals surface area (Å²) in [5.41, 5.74) is 4.96. The molecule has 1 radical (unpaired) electrons. The minimum absolute atomic E-state index is 0.194. The van der Waals surface area contributed by atoms with Crippen LogP contribution >= 0.6 is 15.9 Å². The van der Waals surface area contributed by atoms with Crippen LogP contribution in [0.4, 0.5) is 0 Å². The number of hydrogen-bond donors (Lipinski definition) is 1. The zero-order valence-corrected chi connectivity index (χ0v) is 8.47. The molecule has 0 heterocycles. The summed E-state index contributed by atoms with van der Waals surface area (Å²) in [6.45, 7) is 0. The van der Waals surface area contributed by atoms with E-state index in [2.05, 4.69) is 15.9 Å². The van der Waals surface area contributed by atoms with Crippen LogP contribution in [0.25, 0.3) is 0 Å². The normalized spacial score (nSPS) is 11.5. The Morgan fingerprint density at radius 3 is 2.58 bits per heavy atom. The lowest BCUT2D eigenvalue weighted by Gasteiger charge is -1.99.